The van der Waals surface area contributed by atoms with E-state index in [0.29, 0.717) is 0 Å². The highest BCUT2D eigenvalue weighted by molar-refractivity contribution is 7.14. The highest BCUT2D eigenvalue weighted by Crippen LogP contribution is 2.26. The van der Waals surface area contributed by atoms with Gasteiger partial charge in [-0.1, -0.05) is 54.7 Å². The summed E-state index contributed by atoms with van der Waals surface area (Å²) in [5, 5.41) is 16.4. The van der Waals surface area contributed by atoms with E-state index in [1.807, 2.05) is 0 Å². The molecule has 3 aromatic rings. The Morgan fingerprint density at radius 2 is 1.90 bits per heavy atom. The van der Waals surface area contributed by atoms with Gasteiger partial charge in [0, 0.05) is 12.1 Å². The SMILES string of the molecule is CCCNCc1nnc(-c2ccc3ccccc3c2)s1. The van der Waals surface area contributed by atoms with E-state index in [-0.39, 0.29) is 0 Å². The van der Waals surface area contributed by atoms with Gasteiger partial charge in [0.1, 0.15) is 10.0 Å². The number of hydrogen-bond donors (Lipinski definition) is 1. The molecule has 1 N–H and O–H groups in total. The monoisotopic (exact) mass is 283 g/mol. The topological polar surface area (TPSA) is 37.8 Å². The molecule has 0 unspecified atom stereocenters. The van der Waals surface area contributed by atoms with Gasteiger partial charge in [-0.15, -0.1) is 10.2 Å². The van der Waals surface area contributed by atoms with Gasteiger partial charge in [0.2, 0.25) is 0 Å². The summed E-state index contributed by atoms with van der Waals surface area (Å²) in [6.07, 6.45) is 1.14. The molecule has 2 aromatic carbocycles. The van der Waals surface area contributed by atoms with Crippen LogP contribution in [0, 0.1) is 0 Å². The summed E-state index contributed by atoms with van der Waals surface area (Å²) in [5.41, 5.74) is 1.14. The van der Waals surface area contributed by atoms with Crippen LogP contribution in [-0.4, -0.2) is 16.7 Å². The minimum atomic E-state index is 0.805. The Morgan fingerprint density at radius 1 is 1.05 bits per heavy atom. The van der Waals surface area contributed by atoms with Crippen LogP contribution in [0.25, 0.3) is 21.3 Å². The summed E-state index contributed by atoms with van der Waals surface area (Å²) >= 11 is 1.66. The molecule has 1 heterocycles. The number of hydrogen-bond acceptors (Lipinski definition) is 4. The van der Waals surface area contributed by atoms with Gasteiger partial charge in [-0.3, -0.25) is 0 Å². The van der Waals surface area contributed by atoms with E-state index >= 15 is 0 Å². The molecule has 0 atom stereocenters. The largest absolute Gasteiger partial charge is 0.310 e. The lowest BCUT2D eigenvalue weighted by Gasteiger charge is -2.00. The second-order valence-corrected chi connectivity index (χ2v) is 5.80. The maximum atomic E-state index is 4.30. The first-order valence-corrected chi connectivity index (χ1v) is 7.71. The Bertz CT molecular complexity index is 706. The van der Waals surface area contributed by atoms with Crippen LogP contribution in [0.3, 0.4) is 0 Å². The van der Waals surface area contributed by atoms with E-state index in [1.54, 1.807) is 11.3 Å². The van der Waals surface area contributed by atoms with E-state index in [2.05, 4.69) is 64.9 Å². The first kappa shape index (κ1) is 13.2. The summed E-state index contributed by atoms with van der Waals surface area (Å²) in [4.78, 5) is 0. The van der Waals surface area contributed by atoms with Crippen LogP contribution in [0.5, 0.6) is 0 Å². The molecule has 1 aromatic heterocycles. The van der Waals surface area contributed by atoms with Crippen molar-refractivity contribution in [1.29, 1.82) is 0 Å². The smallest absolute Gasteiger partial charge is 0.147 e. The maximum absolute atomic E-state index is 4.30. The molecular weight excluding hydrogens is 266 g/mol. The van der Waals surface area contributed by atoms with Crippen molar-refractivity contribution in [2.75, 3.05) is 6.54 Å². The molecular formula is C16H17N3S. The quantitative estimate of drug-likeness (QED) is 0.723. The lowest BCUT2D eigenvalue weighted by molar-refractivity contribution is 0.668. The molecule has 0 radical (unpaired) electrons. The summed E-state index contributed by atoms with van der Waals surface area (Å²) in [7, 11) is 0. The first-order chi connectivity index (χ1) is 9.86. The number of aromatic nitrogens is 2. The van der Waals surface area contributed by atoms with Crippen molar-refractivity contribution >= 4 is 22.1 Å². The van der Waals surface area contributed by atoms with Gasteiger partial charge in [0.05, 0.1) is 0 Å². The molecule has 3 nitrogen and oxygen atoms in total. The third kappa shape index (κ3) is 2.86. The van der Waals surface area contributed by atoms with Gasteiger partial charge in [-0.05, 0) is 29.8 Å². The molecule has 0 aliphatic carbocycles. The molecule has 0 amide bonds. The zero-order valence-electron chi connectivity index (χ0n) is 11.5. The molecule has 0 saturated carbocycles. The van der Waals surface area contributed by atoms with Gasteiger partial charge >= 0.3 is 0 Å². The van der Waals surface area contributed by atoms with Gasteiger partial charge in [0.25, 0.3) is 0 Å². The van der Waals surface area contributed by atoms with Crippen molar-refractivity contribution in [2.45, 2.75) is 19.9 Å². The fraction of sp³-hybridized carbons (Fsp3) is 0.250. The van der Waals surface area contributed by atoms with Crippen LogP contribution >= 0.6 is 11.3 Å². The van der Waals surface area contributed by atoms with Crippen LogP contribution < -0.4 is 5.32 Å². The van der Waals surface area contributed by atoms with Crippen molar-refractivity contribution < 1.29 is 0 Å². The van der Waals surface area contributed by atoms with Gasteiger partial charge in [-0.2, -0.15) is 0 Å². The average Bonchev–Trinajstić information content (AvgIpc) is 2.96. The molecule has 0 aliphatic rings. The van der Waals surface area contributed by atoms with E-state index < -0.39 is 0 Å². The van der Waals surface area contributed by atoms with Crippen molar-refractivity contribution in [3.8, 4) is 10.6 Å². The zero-order chi connectivity index (χ0) is 13.8. The molecule has 0 fully saturated rings. The normalized spacial score (nSPS) is 11.1. The third-order valence-corrected chi connectivity index (χ3v) is 4.14. The lowest BCUT2D eigenvalue weighted by atomic mass is 10.1. The van der Waals surface area contributed by atoms with Crippen LogP contribution in [-0.2, 0) is 6.54 Å². The second-order valence-electron chi connectivity index (χ2n) is 4.74. The van der Waals surface area contributed by atoms with Crippen molar-refractivity contribution in [3.05, 3.63) is 47.5 Å². The summed E-state index contributed by atoms with van der Waals surface area (Å²) in [6.45, 7) is 3.98. The molecule has 0 saturated heterocycles. The van der Waals surface area contributed by atoms with Gasteiger partial charge in [0.15, 0.2) is 0 Å². The molecule has 0 spiro atoms. The number of benzene rings is 2. The zero-order valence-corrected chi connectivity index (χ0v) is 12.3. The van der Waals surface area contributed by atoms with Crippen molar-refractivity contribution in [3.63, 3.8) is 0 Å². The number of rotatable bonds is 5. The fourth-order valence-corrected chi connectivity index (χ4v) is 2.94. The molecule has 0 aliphatic heterocycles. The van der Waals surface area contributed by atoms with E-state index in [0.717, 1.165) is 35.1 Å². The van der Waals surface area contributed by atoms with Crippen molar-refractivity contribution in [2.24, 2.45) is 0 Å². The minimum absolute atomic E-state index is 0.805. The van der Waals surface area contributed by atoms with Crippen LogP contribution in [0.15, 0.2) is 42.5 Å². The highest BCUT2D eigenvalue weighted by Gasteiger charge is 2.07. The Labute approximate surface area is 122 Å². The van der Waals surface area contributed by atoms with Crippen molar-refractivity contribution in [1.82, 2.24) is 15.5 Å². The molecule has 0 bridgehead atoms. The maximum Gasteiger partial charge on any atom is 0.147 e. The second kappa shape index (κ2) is 6.11. The molecule has 20 heavy (non-hydrogen) atoms. The predicted molar refractivity (Wildman–Crippen MR) is 84.8 cm³/mol. The molecule has 3 rings (SSSR count). The van der Waals surface area contributed by atoms with Crippen LogP contribution in [0.2, 0.25) is 0 Å². The number of nitrogens with one attached hydrogen (secondary N) is 1. The number of nitrogens with zero attached hydrogens (tertiary/aromatic N) is 2. The summed E-state index contributed by atoms with van der Waals surface area (Å²) < 4.78 is 0. The van der Waals surface area contributed by atoms with Crippen LogP contribution in [0.1, 0.15) is 18.4 Å². The number of fused-ring (bicyclic) bond motifs is 1. The molecule has 102 valence electrons. The van der Waals surface area contributed by atoms with Crippen LogP contribution in [0.4, 0.5) is 0 Å². The third-order valence-electron chi connectivity index (χ3n) is 3.17. The lowest BCUT2D eigenvalue weighted by Crippen LogP contribution is -2.13. The van der Waals surface area contributed by atoms with E-state index in [9.17, 15) is 0 Å². The standard InChI is InChI=1S/C16H17N3S/c1-2-9-17-11-15-18-19-16(20-15)14-8-7-12-5-3-4-6-13(12)10-14/h3-8,10,17H,2,9,11H2,1H3. The Kier molecular flexibility index (Phi) is 4.04. The predicted octanol–water partition coefficient (Wildman–Crippen LogP) is 3.86. The fourth-order valence-electron chi connectivity index (χ4n) is 2.14. The Morgan fingerprint density at radius 3 is 2.75 bits per heavy atom. The average molecular weight is 283 g/mol. The summed E-state index contributed by atoms with van der Waals surface area (Å²) in [6, 6.07) is 14.8. The van der Waals surface area contributed by atoms with E-state index in [1.165, 1.54) is 10.8 Å². The first-order valence-electron chi connectivity index (χ1n) is 6.89. The summed E-state index contributed by atoms with van der Waals surface area (Å²) in [5.74, 6) is 0. The highest BCUT2D eigenvalue weighted by atomic mass is 32.1. The molecule has 4 heteroatoms. The Balaban J connectivity index is 1.83. The van der Waals surface area contributed by atoms with E-state index in [4.69, 9.17) is 0 Å². The Hall–Kier alpha value is -1.78. The minimum Gasteiger partial charge on any atom is -0.310 e. The van der Waals surface area contributed by atoms with Gasteiger partial charge < -0.3 is 5.32 Å². The van der Waals surface area contributed by atoms with Gasteiger partial charge in [-0.25, -0.2) is 0 Å².